The molecule has 178 valence electrons. The number of hydrogen-bond acceptors (Lipinski definition) is 3. The normalized spacial score (nSPS) is 13.6. The van der Waals surface area contributed by atoms with Crippen molar-refractivity contribution in [1.82, 2.24) is 0 Å². The zero-order valence-corrected chi connectivity index (χ0v) is 20.0. The topological polar surface area (TPSA) is 63.6 Å². The van der Waals surface area contributed by atoms with Gasteiger partial charge in [0.2, 0.25) is 0 Å². The van der Waals surface area contributed by atoms with Gasteiger partial charge in [-0.15, -0.1) is 0 Å². The Bertz CT molecular complexity index is 650. The van der Waals surface area contributed by atoms with Crippen LogP contribution in [-0.2, 0) is 14.3 Å². The summed E-state index contributed by atoms with van der Waals surface area (Å²) in [5.74, 6) is -1.27. The van der Waals surface area contributed by atoms with E-state index in [4.69, 9.17) is 9.84 Å². The lowest BCUT2D eigenvalue weighted by Crippen LogP contribution is -2.21. The molecule has 0 spiro atoms. The lowest BCUT2D eigenvalue weighted by atomic mass is 10.1. The first kappa shape index (κ1) is 29.4. The Morgan fingerprint density at radius 1 is 0.719 bits per heavy atom. The Morgan fingerprint density at radius 3 is 1.56 bits per heavy atom. The summed E-state index contributed by atoms with van der Waals surface area (Å²) in [7, 11) is 0. The fourth-order valence-corrected chi connectivity index (χ4v) is 2.81. The highest BCUT2D eigenvalue weighted by molar-refractivity contribution is 5.71. The van der Waals surface area contributed by atoms with Gasteiger partial charge in [-0.1, -0.05) is 93.2 Å². The van der Waals surface area contributed by atoms with Gasteiger partial charge in [0.1, 0.15) is 6.10 Å². The molecule has 32 heavy (non-hydrogen) atoms. The molecule has 0 heterocycles. The maximum absolute atomic E-state index is 11.8. The molecule has 4 nitrogen and oxygen atoms in total. The number of carbonyl (C=O) groups excluding carboxylic acids is 1. The van der Waals surface area contributed by atoms with Gasteiger partial charge in [-0.2, -0.15) is 0 Å². The van der Waals surface area contributed by atoms with Crippen molar-refractivity contribution in [3.63, 3.8) is 0 Å². The van der Waals surface area contributed by atoms with Crippen LogP contribution in [0.3, 0.4) is 0 Å². The van der Waals surface area contributed by atoms with E-state index in [9.17, 15) is 9.59 Å². The Labute approximate surface area is 195 Å². The van der Waals surface area contributed by atoms with Gasteiger partial charge in [0.05, 0.1) is 6.42 Å². The molecular weight excluding hydrogens is 400 g/mol. The molecule has 0 radical (unpaired) electrons. The number of rotatable bonds is 19. The predicted octanol–water partition coefficient (Wildman–Crippen LogP) is 7.65. The van der Waals surface area contributed by atoms with Crippen molar-refractivity contribution in [1.29, 1.82) is 0 Å². The van der Waals surface area contributed by atoms with Gasteiger partial charge in [0.25, 0.3) is 0 Å². The minimum Gasteiger partial charge on any atom is -0.481 e. The van der Waals surface area contributed by atoms with E-state index in [1.807, 2.05) is 19.1 Å². The molecule has 0 bridgehead atoms. The highest BCUT2D eigenvalue weighted by Gasteiger charge is 2.16. The van der Waals surface area contributed by atoms with E-state index in [0.717, 1.165) is 44.9 Å². The summed E-state index contributed by atoms with van der Waals surface area (Å²) in [4.78, 5) is 22.6. The number of carboxylic acids is 1. The molecule has 0 aliphatic rings. The molecule has 0 saturated heterocycles. The predicted molar refractivity (Wildman–Crippen MR) is 134 cm³/mol. The van der Waals surface area contributed by atoms with E-state index in [0.29, 0.717) is 12.8 Å². The average Bonchev–Trinajstić information content (AvgIpc) is 2.75. The number of esters is 1. The van der Waals surface area contributed by atoms with Crippen LogP contribution in [-0.4, -0.2) is 23.1 Å². The van der Waals surface area contributed by atoms with Crippen LogP contribution in [0.1, 0.15) is 84.5 Å². The Hall–Kier alpha value is -2.62. The summed E-state index contributed by atoms with van der Waals surface area (Å²) in [5.41, 5.74) is 0. The molecule has 1 atom stereocenters. The van der Waals surface area contributed by atoms with E-state index in [1.165, 1.54) is 0 Å². The van der Waals surface area contributed by atoms with Gasteiger partial charge >= 0.3 is 11.9 Å². The van der Waals surface area contributed by atoms with Crippen LogP contribution in [0.5, 0.6) is 0 Å². The van der Waals surface area contributed by atoms with Crippen LogP contribution in [0.4, 0.5) is 0 Å². The van der Waals surface area contributed by atoms with Crippen LogP contribution in [0.25, 0.3) is 0 Å². The maximum atomic E-state index is 11.8. The summed E-state index contributed by atoms with van der Waals surface area (Å²) in [6.45, 7) is 4.09. The van der Waals surface area contributed by atoms with Gasteiger partial charge in [0.15, 0.2) is 0 Å². The second-order valence-corrected chi connectivity index (χ2v) is 7.45. The minimum atomic E-state index is -0.937. The van der Waals surface area contributed by atoms with E-state index in [-0.39, 0.29) is 18.8 Å². The molecule has 1 unspecified atom stereocenters. The third kappa shape index (κ3) is 22.1. The van der Waals surface area contributed by atoms with Crippen molar-refractivity contribution in [2.24, 2.45) is 0 Å². The van der Waals surface area contributed by atoms with Crippen molar-refractivity contribution in [2.45, 2.75) is 90.6 Å². The lowest BCUT2D eigenvalue weighted by molar-refractivity contribution is -0.153. The highest BCUT2D eigenvalue weighted by atomic mass is 16.5. The zero-order valence-electron chi connectivity index (χ0n) is 20.0. The van der Waals surface area contributed by atoms with Gasteiger partial charge < -0.3 is 9.84 Å². The van der Waals surface area contributed by atoms with Crippen molar-refractivity contribution >= 4 is 11.9 Å². The molecule has 0 amide bonds. The first-order chi connectivity index (χ1) is 15.6. The molecule has 0 saturated carbocycles. The number of hydrogen-bond donors (Lipinski definition) is 1. The summed E-state index contributed by atoms with van der Waals surface area (Å²) < 4.78 is 5.25. The zero-order chi connectivity index (χ0) is 23.7. The Morgan fingerprint density at radius 2 is 1.16 bits per heavy atom. The molecule has 0 aromatic heterocycles. The van der Waals surface area contributed by atoms with Gasteiger partial charge in [-0.05, 0) is 51.4 Å². The number of allylic oxidation sites excluding steroid dienone is 12. The molecule has 0 aliphatic heterocycles. The average molecular weight is 443 g/mol. The second kappa shape index (κ2) is 23.1. The molecule has 0 aliphatic carbocycles. The smallest absolute Gasteiger partial charge is 0.307 e. The standard InChI is InChI=1S/C28H42O4/c1-3-5-6-7-8-9-10-11-12-13-14-15-16-17-18-19-20-21-22-24-28(31)32-26(23-4-2)25-27(29)30/h5-6,8-9,11-12,14-15,17-18,20-21,26H,3-4,7,10,13,16,19,22-25H2,1-2H3,(H,29,30)/b6-5-,9-8-,12-11-,15-14-,18-17-,21-20-. The van der Waals surface area contributed by atoms with E-state index in [1.54, 1.807) is 0 Å². The fraction of sp³-hybridized carbons (Fsp3) is 0.500. The van der Waals surface area contributed by atoms with Crippen molar-refractivity contribution in [3.05, 3.63) is 72.9 Å². The van der Waals surface area contributed by atoms with E-state index >= 15 is 0 Å². The maximum Gasteiger partial charge on any atom is 0.307 e. The second-order valence-electron chi connectivity index (χ2n) is 7.45. The summed E-state index contributed by atoms with van der Waals surface area (Å²) >= 11 is 0. The van der Waals surface area contributed by atoms with Gasteiger partial charge in [-0.3, -0.25) is 9.59 Å². The molecule has 1 N–H and O–H groups in total. The first-order valence-corrected chi connectivity index (χ1v) is 11.9. The summed E-state index contributed by atoms with van der Waals surface area (Å²) in [6, 6.07) is 0. The highest BCUT2D eigenvalue weighted by Crippen LogP contribution is 2.09. The number of carboxylic acid groups (broad SMARTS) is 1. The summed E-state index contributed by atoms with van der Waals surface area (Å²) in [5, 5.41) is 8.85. The fourth-order valence-electron chi connectivity index (χ4n) is 2.81. The van der Waals surface area contributed by atoms with Crippen molar-refractivity contribution < 1.29 is 19.4 Å². The van der Waals surface area contributed by atoms with Crippen LogP contribution in [0.15, 0.2) is 72.9 Å². The molecule has 4 heteroatoms. The van der Waals surface area contributed by atoms with Crippen LogP contribution in [0.2, 0.25) is 0 Å². The SMILES string of the molecule is CC/C=C\C/C=C\C/C=C\C/C=C\C/C=C\C/C=C\CCC(=O)OC(CCC)CC(=O)O. The van der Waals surface area contributed by atoms with Crippen molar-refractivity contribution in [3.8, 4) is 0 Å². The van der Waals surface area contributed by atoms with Gasteiger partial charge in [-0.25, -0.2) is 0 Å². The first-order valence-electron chi connectivity index (χ1n) is 11.9. The van der Waals surface area contributed by atoms with Gasteiger partial charge in [0, 0.05) is 6.42 Å². The molecule has 0 aromatic carbocycles. The number of carbonyl (C=O) groups is 2. The lowest BCUT2D eigenvalue weighted by Gasteiger charge is -2.14. The Balaban J connectivity index is 3.77. The molecular formula is C28H42O4. The number of aliphatic carboxylic acids is 1. The number of ether oxygens (including phenoxy) is 1. The van der Waals surface area contributed by atoms with Crippen LogP contribution in [0, 0.1) is 0 Å². The molecule has 0 fully saturated rings. The third-order valence-electron chi connectivity index (χ3n) is 4.42. The van der Waals surface area contributed by atoms with Crippen molar-refractivity contribution in [2.75, 3.05) is 0 Å². The van der Waals surface area contributed by atoms with Crippen LogP contribution >= 0.6 is 0 Å². The van der Waals surface area contributed by atoms with Crippen LogP contribution < -0.4 is 0 Å². The van der Waals surface area contributed by atoms with E-state index in [2.05, 4.69) is 67.7 Å². The minimum absolute atomic E-state index is 0.126. The Kier molecular flexibility index (Phi) is 21.2. The van der Waals surface area contributed by atoms with E-state index < -0.39 is 12.1 Å². The molecule has 0 rings (SSSR count). The largest absolute Gasteiger partial charge is 0.481 e. The summed E-state index contributed by atoms with van der Waals surface area (Å²) in [6.07, 6.45) is 33.1. The monoisotopic (exact) mass is 442 g/mol. The quantitative estimate of drug-likeness (QED) is 0.165. The molecule has 0 aromatic rings. The third-order valence-corrected chi connectivity index (χ3v) is 4.42.